The van der Waals surface area contributed by atoms with E-state index in [0.29, 0.717) is 19.4 Å². The van der Waals surface area contributed by atoms with Crippen molar-refractivity contribution in [2.75, 3.05) is 13.1 Å². The van der Waals surface area contributed by atoms with Crippen LogP contribution in [0, 0.1) is 5.92 Å². The second-order valence-corrected chi connectivity index (χ2v) is 5.34. The zero-order chi connectivity index (χ0) is 14.0. The zero-order valence-corrected chi connectivity index (χ0v) is 11.6. The van der Waals surface area contributed by atoms with Crippen LogP contribution < -0.4 is 0 Å². The van der Waals surface area contributed by atoms with Gasteiger partial charge < -0.3 is 10.0 Å². The number of nitrogens with zero attached hydrogens (tertiary/aromatic N) is 1. The number of benzene rings is 1. The number of likely N-dealkylation sites (tertiary alicyclic amines) is 1. The van der Waals surface area contributed by atoms with Gasteiger partial charge in [-0.25, -0.2) is 0 Å². The molecule has 0 spiro atoms. The van der Waals surface area contributed by atoms with Crippen molar-refractivity contribution < 1.29 is 14.7 Å². The number of rotatable bonds is 2. The molecule has 0 bridgehead atoms. The average Bonchev–Trinajstić information content (AvgIpc) is 2.38. The van der Waals surface area contributed by atoms with Gasteiger partial charge >= 0.3 is 5.97 Å². The van der Waals surface area contributed by atoms with E-state index in [9.17, 15) is 9.59 Å². The summed E-state index contributed by atoms with van der Waals surface area (Å²) in [4.78, 5) is 24.9. The van der Waals surface area contributed by atoms with Gasteiger partial charge in [-0.05, 0) is 25.0 Å². The molecule has 1 atom stereocenters. The molecule has 1 heterocycles. The Bertz CT molecular complexity index is 498. The van der Waals surface area contributed by atoms with E-state index in [4.69, 9.17) is 28.3 Å². The lowest BCUT2D eigenvalue weighted by molar-refractivity contribution is -0.143. The molecule has 1 aromatic rings. The molecule has 1 aromatic carbocycles. The van der Waals surface area contributed by atoms with E-state index in [1.165, 1.54) is 4.90 Å². The monoisotopic (exact) mass is 301 g/mol. The molecule has 2 rings (SSSR count). The van der Waals surface area contributed by atoms with Crippen LogP contribution in [0.1, 0.15) is 23.2 Å². The third-order valence-electron chi connectivity index (χ3n) is 3.23. The summed E-state index contributed by atoms with van der Waals surface area (Å²) in [5.41, 5.74) is 0.247. The molecule has 1 N–H and O–H groups in total. The first-order valence-corrected chi connectivity index (χ1v) is 6.72. The van der Waals surface area contributed by atoms with Crippen LogP contribution in [0.2, 0.25) is 10.0 Å². The number of halogens is 2. The molecule has 1 saturated heterocycles. The van der Waals surface area contributed by atoms with Gasteiger partial charge in [0, 0.05) is 13.1 Å². The third-order valence-corrected chi connectivity index (χ3v) is 3.86. The molecule has 1 amide bonds. The van der Waals surface area contributed by atoms with Crippen LogP contribution in [0.25, 0.3) is 0 Å². The number of amides is 1. The Hall–Kier alpha value is -1.26. The van der Waals surface area contributed by atoms with Crippen LogP contribution in [0.4, 0.5) is 0 Å². The summed E-state index contributed by atoms with van der Waals surface area (Å²) in [5.74, 6) is -1.69. The Morgan fingerprint density at radius 2 is 1.89 bits per heavy atom. The highest BCUT2D eigenvalue weighted by atomic mass is 35.5. The minimum absolute atomic E-state index is 0.204. The van der Waals surface area contributed by atoms with E-state index in [-0.39, 0.29) is 28.1 Å². The third kappa shape index (κ3) is 3.01. The first-order chi connectivity index (χ1) is 9.00. The maximum atomic E-state index is 12.4. The lowest BCUT2D eigenvalue weighted by Crippen LogP contribution is -2.42. The zero-order valence-electron chi connectivity index (χ0n) is 10.1. The predicted octanol–water partition coefficient (Wildman–Crippen LogP) is 2.93. The van der Waals surface area contributed by atoms with Gasteiger partial charge in [-0.1, -0.05) is 29.3 Å². The van der Waals surface area contributed by atoms with Crippen LogP contribution >= 0.6 is 23.2 Å². The van der Waals surface area contributed by atoms with Crippen molar-refractivity contribution in [2.24, 2.45) is 5.92 Å². The van der Waals surface area contributed by atoms with Crippen molar-refractivity contribution in [1.29, 1.82) is 0 Å². The summed E-state index contributed by atoms with van der Waals surface area (Å²) >= 11 is 12.0. The largest absolute Gasteiger partial charge is 0.481 e. The topological polar surface area (TPSA) is 57.6 Å². The maximum absolute atomic E-state index is 12.4. The highest BCUT2D eigenvalue weighted by Crippen LogP contribution is 2.27. The molecule has 19 heavy (non-hydrogen) atoms. The molecular formula is C13H13Cl2NO3. The van der Waals surface area contributed by atoms with Crippen LogP contribution in [0.3, 0.4) is 0 Å². The molecule has 4 nitrogen and oxygen atoms in total. The molecule has 102 valence electrons. The van der Waals surface area contributed by atoms with Gasteiger partial charge in [-0.15, -0.1) is 0 Å². The van der Waals surface area contributed by atoms with Crippen molar-refractivity contribution in [3.63, 3.8) is 0 Å². The Balaban J connectivity index is 2.22. The Labute approximate surface area is 120 Å². The fourth-order valence-electron chi connectivity index (χ4n) is 2.22. The van der Waals surface area contributed by atoms with Crippen LogP contribution in [-0.2, 0) is 4.79 Å². The lowest BCUT2D eigenvalue weighted by atomic mass is 9.97. The first kappa shape index (κ1) is 14.2. The number of carboxylic acids is 1. The Kier molecular flexibility index (Phi) is 4.32. The molecular weight excluding hydrogens is 289 g/mol. The van der Waals surface area contributed by atoms with Gasteiger partial charge in [0.1, 0.15) is 0 Å². The van der Waals surface area contributed by atoms with E-state index in [1.54, 1.807) is 18.2 Å². The highest BCUT2D eigenvalue weighted by Gasteiger charge is 2.30. The van der Waals surface area contributed by atoms with E-state index in [2.05, 4.69) is 0 Å². The summed E-state index contributed by atoms with van der Waals surface area (Å²) in [6.07, 6.45) is 1.26. The highest BCUT2D eigenvalue weighted by molar-refractivity contribution is 6.39. The number of hydrogen-bond acceptors (Lipinski definition) is 2. The van der Waals surface area contributed by atoms with Crippen LogP contribution in [-0.4, -0.2) is 35.0 Å². The molecule has 0 saturated carbocycles. The molecule has 0 aliphatic carbocycles. The molecule has 1 aliphatic heterocycles. The number of aliphatic carboxylic acids is 1. The summed E-state index contributed by atoms with van der Waals surface area (Å²) in [7, 11) is 0. The fourth-order valence-corrected chi connectivity index (χ4v) is 2.78. The van der Waals surface area contributed by atoms with Gasteiger partial charge in [0.05, 0.1) is 21.5 Å². The van der Waals surface area contributed by atoms with Crippen LogP contribution in [0.5, 0.6) is 0 Å². The molecule has 1 aliphatic rings. The summed E-state index contributed by atoms with van der Waals surface area (Å²) in [5, 5.41) is 9.60. The van der Waals surface area contributed by atoms with Crippen molar-refractivity contribution in [1.82, 2.24) is 4.90 Å². The number of piperidine rings is 1. The van der Waals surface area contributed by atoms with E-state index in [1.807, 2.05) is 0 Å². The fraction of sp³-hybridized carbons (Fsp3) is 0.385. The van der Waals surface area contributed by atoms with Crippen molar-refractivity contribution in [3.8, 4) is 0 Å². The summed E-state index contributed by atoms with van der Waals surface area (Å²) in [6, 6.07) is 4.86. The maximum Gasteiger partial charge on any atom is 0.308 e. The SMILES string of the molecule is O=C(O)[C@H]1CCCN(C(=O)c2c(Cl)cccc2Cl)C1. The molecule has 0 unspecified atom stereocenters. The molecule has 0 radical (unpaired) electrons. The Morgan fingerprint density at radius 1 is 1.26 bits per heavy atom. The summed E-state index contributed by atoms with van der Waals surface area (Å²) < 4.78 is 0. The van der Waals surface area contributed by atoms with E-state index >= 15 is 0 Å². The van der Waals surface area contributed by atoms with Gasteiger partial charge in [-0.2, -0.15) is 0 Å². The van der Waals surface area contributed by atoms with Gasteiger partial charge in [0.25, 0.3) is 5.91 Å². The standard InChI is InChI=1S/C13H13Cl2NO3/c14-9-4-1-5-10(15)11(9)12(17)16-6-2-3-8(7-16)13(18)19/h1,4-5,8H,2-3,6-7H2,(H,18,19)/t8-/m0/s1. The van der Waals surface area contributed by atoms with Gasteiger partial charge in [-0.3, -0.25) is 9.59 Å². The smallest absolute Gasteiger partial charge is 0.308 e. The van der Waals surface area contributed by atoms with E-state index in [0.717, 1.165) is 0 Å². The van der Waals surface area contributed by atoms with Gasteiger partial charge in [0.2, 0.25) is 0 Å². The Morgan fingerprint density at radius 3 is 2.47 bits per heavy atom. The number of hydrogen-bond donors (Lipinski definition) is 1. The second kappa shape index (κ2) is 5.80. The van der Waals surface area contributed by atoms with Gasteiger partial charge in [0.15, 0.2) is 0 Å². The molecule has 0 aromatic heterocycles. The first-order valence-electron chi connectivity index (χ1n) is 5.97. The van der Waals surface area contributed by atoms with Crippen molar-refractivity contribution in [3.05, 3.63) is 33.8 Å². The molecule has 1 fully saturated rings. The van der Waals surface area contributed by atoms with E-state index < -0.39 is 11.9 Å². The quantitative estimate of drug-likeness (QED) is 0.914. The normalized spacial score (nSPS) is 19.3. The predicted molar refractivity (Wildman–Crippen MR) is 72.7 cm³/mol. The average molecular weight is 302 g/mol. The van der Waals surface area contributed by atoms with Crippen molar-refractivity contribution in [2.45, 2.75) is 12.8 Å². The minimum Gasteiger partial charge on any atom is -0.481 e. The molecule has 6 heteroatoms. The van der Waals surface area contributed by atoms with Crippen LogP contribution in [0.15, 0.2) is 18.2 Å². The number of carbonyl (C=O) groups is 2. The minimum atomic E-state index is -0.872. The second-order valence-electron chi connectivity index (χ2n) is 4.53. The number of carbonyl (C=O) groups excluding carboxylic acids is 1. The lowest BCUT2D eigenvalue weighted by Gasteiger charge is -2.31. The number of carboxylic acid groups (broad SMARTS) is 1. The summed E-state index contributed by atoms with van der Waals surface area (Å²) in [6.45, 7) is 0.736. The van der Waals surface area contributed by atoms with Crippen molar-refractivity contribution >= 4 is 35.1 Å².